The second-order valence-electron chi connectivity index (χ2n) is 8.08. The Morgan fingerprint density at radius 3 is 2.25 bits per heavy atom. The molecule has 174 valence electrons. The summed E-state index contributed by atoms with van der Waals surface area (Å²) in [7, 11) is 0. The van der Waals surface area contributed by atoms with Gasteiger partial charge < -0.3 is 9.73 Å². The number of hydrogen-bond acceptors (Lipinski definition) is 4. The zero-order chi connectivity index (χ0) is 24.7. The van der Waals surface area contributed by atoms with Gasteiger partial charge in [0, 0.05) is 11.1 Å². The van der Waals surface area contributed by atoms with Crippen molar-refractivity contribution >= 4 is 12.0 Å². The molecule has 0 spiro atoms. The van der Waals surface area contributed by atoms with Crippen molar-refractivity contribution in [1.82, 2.24) is 15.1 Å². The lowest BCUT2D eigenvalue weighted by atomic mass is 10.1. The monoisotopic (exact) mass is 470 g/mol. The summed E-state index contributed by atoms with van der Waals surface area (Å²) in [5.41, 5.74) is 5.55. The molecule has 2 heterocycles. The van der Waals surface area contributed by atoms with Crippen molar-refractivity contribution in [3.8, 4) is 34.3 Å². The van der Waals surface area contributed by atoms with Gasteiger partial charge in [0.15, 0.2) is 0 Å². The summed E-state index contributed by atoms with van der Waals surface area (Å²) in [5, 5.41) is 17.1. The fourth-order valence-corrected chi connectivity index (χ4v) is 3.85. The molecule has 3 aromatic carbocycles. The van der Waals surface area contributed by atoms with E-state index in [0.29, 0.717) is 5.76 Å². The highest BCUT2D eigenvalue weighted by Crippen LogP contribution is 2.29. The van der Waals surface area contributed by atoms with Crippen LogP contribution in [0.5, 0.6) is 0 Å². The Hall–Kier alpha value is -5.15. The van der Waals surface area contributed by atoms with Gasteiger partial charge >= 0.3 is 0 Å². The smallest absolute Gasteiger partial charge is 0.262 e. The Labute approximate surface area is 208 Å². The first-order chi connectivity index (χ1) is 17.7. The molecule has 0 atom stereocenters. The molecule has 5 rings (SSSR count). The molecule has 6 nitrogen and oxygen atoms in total. The van der Waals surface area contributed by atoms with Crippen molar-refractivity contribution in [3.63, 3.8) is 0 Å². The van der Waals surface area contributed by atoms with Crippen LogP contribution in [0.3, 0.4) is 0 Å². The van der Waals surface area contributed by atoms with Gasteiger partial charge in [0.25, 0.3) is 5.91 Å². The maximum Gasteiger partial charge on any atom is 0.262 e. The fourth-order valence-electron chi connectivity index (χ4n) is 3.85. The van der Waals surface area contributed by atoms with Crippen LogP contribution < -0.4 is 5.32 Å². The Kier molecular flexibility index (Phi) is 6.55. The molecule has 36 heavy (non-hydrogen) atoms. The van der Waals surface area contributed by atoms with E-state index in [9.17, 15) is 10.1 Å². The number of aromatic nitrogens is 2. The predicted octanol–water partition coefficient (Wildman–Crippen LogP) is 6.02. The van der Waals surface area contributed by atoms with E-state index in [0.717, 1.165) is 33.8 Å². The number of carbonyl (C=O) groups is 1. The molecule has 0 fully saturated rings. The largest absolute Gasteiger partial charge is 0.467 e. The molecule has 0 aliphatic rings. The van der Waals surface area contributed by atoms with Crippen LogP contribution in [0, 0.1) is 11.3 Å². The van der Waals surface area contributed by atoms with E-state index in [-0.39, 0.29) is 12.1 Å². The summed E-state index contributed by atoms with van der Waals surface area (Å²) in [4.78, 5) is 12.4. The molecule has 0 aliphatic heterocycles. The van der Waals surface area contributed by atoms with E-state index in [4.69, 9.17) is 9.52 Å². The second-order valence-corrected chi connectivity index (χ2v) is 8.08. The number of benzene rings is 3. The standard InChI is InChI=1S/C30H22N4O2/c31-20-25(30(35)32-21-27-12-7-17-36-27)18-22-13-15-26(16-14-22)34-29(24-10-5-2-6-11-24)19-28(33-34)23-8-3-1-4-9-23/h1-19H,21H2,(H,32,35)/b25-18+. The second kappa shape index (κ2) is 10.4. The summed E-state index contributed by atoms with van der Waals surface area (Å²) >= 11 is 0. The SMILES string of the molecule is N#C/C(=C\c1ccc(-n2nc(-c3ccccc3)cc2-c2ccccc2)cc1)C(=O)NCc1ccco1. The molecule has 1 N–H and O–H groups in total. The van der Waals surface area contributed by atoms with Gasteiger partial charge in [0.1, 0.15) is 17.4 Å². The van der Waals surface area contributed by atoms with Gasteiger partial charge in [-0.2, -0.15) is 10.4 Å². The van der Waals surface area contributed by atoms with Gasteiger partial charge in [-0.15, -0.1) is 0 Å². The maximum absolute atomic E-state index is 12.4. The van der Waals surface area contributed by atoms with Crippen LogP contribution in [0.1, 0.15) is 11.3 Å². The van der Waals surface area contributed by atoms with Crippen molar-refractivity contribution in [2.45, 2.75) is 6.54 Å². The molecule has 0 saturated carbocycles. The molecule has 2 aromatic heterocycles. The van der Waals surface area contributed by atoms with Gasteiger partial charge in [-0.1, -0.05) is 72.8 Å². The Bertz CT molecular complexity index is 1530. The summed E-state index contributed by atoms with van der Waals surface area (Å²) < 4.78 is 7.13. The topological polar surface area (TPSA) is 83.8 Å². The average Bonchev–Trinajstić information content (AvgIpc) is 3.62. The molecule has 5 aromatic rings. The fraction of sp³-hybridized carbons (Fsp3) is 0.0333. The lowest BCUT2D eigenvalue weighted by molar-refractivity contribution is -0.117. The summed E-state index contributed by atoms with van der Waals surface area (Å²) in [6.45, 7) is 0.217. The summed E-state index contributed by atoms with van der Waals surface area (Å²) in [6, 6.07) is 35.3. The average molecular weight is 471 g/mol. The number of rotatable bonds is 7. The van der Waals surface area contributed by atoms with Gasteiger partial charge in [-0.05, 0) is 42.0 Å². The highest BCUT2D eigenvalue weighted by Gasteiger charge is 2.14. The molecule has 0 unspecified atom stereocenters. The van der Waals surface area contributed by atoms with Crippen molar-refractivity contribution in [2.75, 3.05) is 0 Å². The van der Waals surface area contributed by atoms with Crippen molar-refractivity contribution < 1.29 is 9.21 Å². The van der Waals surface area contributed by atoms with E-state index >= 15 is 0 Å². The van der Waals surface area contributed by atoms with Crippen molar-refractivity contribution in [3.05, 3.63) is 126 Å². The van der Waals surface area contributed by atoms with Crippen LogP contribution in [-0.2, 0) is 11.3 Å². The van der Waals surface area contributed by atoms with E-state index in [2.05, 4.69) is 23.5 Å². The zero-order valence-corrected chi connectivity index (χ0v) is 19.3. The van der Waals surface area contributed by atoms with Crippen LogP contribution in [0.15, 0.2) is 119 Å². The van der Waals surface area contributed by atoms with Crippen molar-refractivity contribution in [1.29, 1.82) is 5.26 Å². The normalized spacial score (nSPS) is 11.1. The minimum Gasteiger partial charge on any atom is -0.467 e. The van der Waals surface area contributed by atoms with Crippen LogP contribution in [0.25, 0.3) is 34.3 Å². The Morgan fingerprint density at radius 2 is 1.61 bits per heavy atom. The zero-order valence-electron chi connectivity index (χ0n) is 19.3. The maximum atomic E-state index is 12.4. The lowest BCUT2D eigenvalue weighted by Crippen LogP contribution is -2.23. The highest BCUT2D eigenvalue weighted by molar-refractivity contribution is 6.01. The molecular weight excluding hydrogens is 448 g/mol. The third-order valence-electron chi connectivity index (χ3n) is 5.67. The first kappa shape index (κ1) is 22.6. The van der Waals surface area contributed by atoms with E-state index < -0.39 is 5.91 Å². The van der Waals surface area contributed by atoms with E-state index in [1.54, 1.807) is 18.2 Å². The third kappa shape index (κ3) is 5.01. The summed E-state index contributed by atoms with van der Waals surface area (Å²) in [6.07, 6.45) is 3.10. The van der Waals surface area contributed by atoms with Crippen LogP contribution in [0.2, 0.25) is 0 Å². The molecular formula is C30H22N4O2. The minimum absolute atomic E-state index is 0.0183. The summed E-state index contributed by atoms with van der Waals surface area (Å²) in [5.74, 6) is 0.164. The van der Waals surface area contributed by atoms with Crippen LogP contribution in [0.4, 0.5) is 0 Å². The van der Waals surface area contributed by atoms with Gasteiger partial charge in [-0.25, -0.2) is 4.68 Å². The predicted molar refractivity (Wildman–Crippen MR) is 139 cm³/mol. The molecule has 1 amide bonds. The number of amides is 1. The number of nitrogens with one attached hydrogen (secondary N) is 1. The number of nitriles is 1. The molecule has 0 bridgehead atoms. The quantitative estimate of drug-likeness (QED) is 0.233. The van der Waals surface area contributed by atoms with Crippen LogP contribution in [-0.4, -0.2) is 15.7 Å². The van der Waals surface area contributed by atoms with Gasteiger partial charge in [0.05, 0.1) is 29.9 Å². The molecule has 0 radical (unpaired) electrons. The lowest BCUT2D eigenvalue weighted by Gasteiger charge is -2.08. The number of nitrogens with zero attached hydrogens (tertiary/aromatic N) is 3. The van der Waals surface area contributed by atoms with Gasteiger partial charge in [0.2, 0.25) is 0 Å². The molecule has 0 aliphatic carbocycles. The highest BCUT2D eigenvalue weighted by atomic mass is 16.3. The third-order valence-corrected chi connectivity index (χ3v) is 5.67. The van der Waals surface area contributed by atoms with E-state index in [1.165, 1.54) is 6.26 Å². The Balaban J connectivity index is 1.43. The van der Waals surface area contributed by atoms with Crippen molar-refractivity contribution in [2.24, 2.45) is 0 Å². The van der Waals surface area contributed by atoms with E-state index in [1.807, 2.05) is 83.5 Å². The molecule has 6 heteroatoms. The number of carbonyl (C=O) groups excluding carboxylic acids is 1. The first-order valence-corrected chi connectivity index (χ1v) is 11.4. The first-order valence-electron chi connectivity index (χ1n) is 11.4. The number of furan rings is 1. The van der Waals surface area contributed by atoms with Crippen LogP contribution >= 0.6 is 0 Å². The number of hydrogen-bond donors (Lipinski definition) is 1. The minimum atomic E-state index is -0.455. The molecule has 0 saturated heterocycles. The van der Waals surface area contributed by atoms with Gasteiger partial charge in [-0.3, -0.25) is 4.79 Å². The Morgan fingerprint density at radius 1 is 0.917 bits per heavy atom.